The number of carbonyl (C=O) groups is 2. The van der Waals surface area contributed by atoms with Gasteiger partial charge in [-0.1, -0.05) is 30.3 Å². The third kappa shape index (κ3) is 8.32. The third-order valence-corrected chi connectivity index (χ3v) is 5.16. The van der Waals surface area contributed by atoms with E-state index in [9.17, 15) is 9.59 Å². The van der Waals surface area contributed by atoms with Crippen LogP contribution in [-0.4, -0.2) is 72.8 Å². The molecule has 0 spiro atoms. The zero-order valence-electron chi connectivity index (χ0n) is 19.0. The van der Waals surface area contributed by atoms with E-state index in [0.29, 0.717) is 19.2 Å². The largest absolute Gasteiger partial charge is 0.444 e. The van der Waals surface area contributed by atoms with Crippen LogP contribution in [-0.2, 0) is 20.8 Å². The van der Waals surface area contributed by atoms with Crippen molar-refractivity contribution in [1.29, 1.82) is 0 Å². The Balaban J connectivity index is 1.84. The highest BCUT2D eigenvalue weighted by molar-refractivity contribution is 5.82. The number of likely N-dealkylation sites (tertiary alicyclic amines) is 1. The molecule has 1 aromatic carbocycles. The van der Waals surface area contributed by atoms with Gasteiger partial charge in [0.25, 0.3) is 0 Å². The van der Waals surface area contributed by atoms with Gasteiger partial charge in [-0.2, -0.15) is 0 Å². The van der Waals surface area contributed by atoms with Gasteiger partial charge in [-0.15, -0.1) is 0 Å². The standard InChI is InChI=1S/C23H37N3O4/c1-18-15-20(11-12-25(18)16-19-9-7-6-8-10-19)24-21(27)17-26(13-14-29-5)22(28)30-23(2,3)4/h6-10,18,20H,11-17H2,1-5H3,(H,24,27)/t18-,20-/m0/s1. The Morgan fingerprint density at radius 3 is 2.53 bits per heavy atom. The van der Waals surface area contributed by atoms with E-state index in [2.05, 4.69) is 41.4 Å². The van der Waals surface area contributed by atoms with Gasteiger partial charge in [0, 0.05) is 38.8 Å². The lowest BCUT2D eigenvalue weighted by Gasteiger charge is -2.38. The van der Waals surface area contributed by atoms with Gasteiger partial charge in [0.05, 0.1) is 6.61 Å². The van der Waals surface area contributed by atoms with Crippen molar-refractivity contribution in [3.8, 4) is 0 Å². The SMILES string of the molecule is COCCN(CC(=O)N[C@H]1CCN(Cc2ccccc2)[C@@H](C)C1)C(=O)OC(C)(C)C. The van der Waals surface area contributed by atoms with E-state index < -0.39 is 11.7 Å². The first-order chi connectivity index (χ1) is 14.2. The molecule has 2 atom stereocenters. The first-order valence-electron chi connectivity index (χ1n) is 10.7. The van der Waals surface area contributed by atoms with E-state index in [1.54, 1.807) is 7.11 Å². The van der Waals surface area contributed by atoms with Crippen LogP contribution < -0.4 is 5.32 Å². The van der Waals surface area contributed by atoms with Crippen LogP contribution >= 0.6 is 0 Å². The van der Waals surface area contributed by atoms with Crippen LogP contribution in [0.1, 0.15) is 46.1 Å². The molecule has 7 nitrogen and oxygen atoms in total. The van der Waals surface area contributed by atoms with Gasteiger partial charge < -0.3 is 14.8 Å². The number of amides is 2. The van der Waals surface area contributed by atoms with Crippen molar-refractivity contribution in [2.45, 2.75) is 64.8 Å². The Bertz CT molecular complexity index is 675. The van der Waals surface area contributed by atoms with Crippen LogP contribution in [0.25, 0.3) is 0 Å². The van der Waals surface area contributed by atoms with Gasteiger partial charge in [0.1, 0.15) is 12.1 Å². The van der Waals surface area contributed by atoms with Crippen molar-refractivity contribution >= 4 is 12.0 Å². The molecule has 1 aliphatic rings. The Hall–Kier alpha value is -2.12. The van der Waals surface area contributed by atoms with E-state index in [0.717, 1.165) is 25.9 Å². The first kappa shape index (κ1) is 24.2. The zero-order chi connectivity index (χ0) is 22.1. The molecular weight excluding hydrogens is 382 g/mol. The number of benzene rings is 1. The second-order valence-electron chi connectivity index (χ2n) is 8.99. The highest BCUT2D eigenvalue weighted by Gasteiger charge is 2.28. The molecule has 1 aromatic rings. The number of carbonyl (C=O) groups excluding carboxylic acids is 2. The van der Waals surface area contributed by atoms with Crippen LogP contribution in [0.2, 0.25) is 0 Å². The van der Waals surface area contributed by atoms with Gasteiger partial charge in [0.15, 0.2) is 0 Å². The van der Waals surface area contributed by atoms with Crippen molar-refractivity contribution in [3.63, 3.8) is 0 Å². The molecule has 1 fully saturated rings. The summed E-state index contributed by atoms with van der Waals surface area (Å²) < 4.78 is 10.5. The van der Waals surface area contributed by atoms with Crippen molar-refractivity contribution in [2.24, 2.45) is 0 Å². The molecule has 2 rings (SSSR count). The van der Waals surface area contributed by atoms with E-state index in [-0.39, 0.29) is 18.5 Å². The predicted molar refractivity (Wildman–Crippen MR) is 117 cm³/mol. The van der Waals surface area contributed by atoms with Crippen molar-refractivity contribution in [3.05, 3.63) is 35.9 Å². The summed E-state index contributed by atoms with van der Waals surface area (Å²) in [5, 5.41) is 3.10. The summed E-state index contributed by atoms with van der Waals surface area (Å²) in [7, 11) is 1.57. The van der Waals surface area contributed by atoms with E-state index >= 15 is 0 Å². The summed E-state index contributed by atoms with van der Waals surface area (Å²) in [6.07, 6.45) is 1.29. The minimum atomic E-state index is -0.611. The van der Waals surface area contributed by atoms with Crippen LogP contribution in [0.5, 0.6) is 0 Å². The topological polar surface area (TPSA) is 71.1 Å². The number of ether oxygens (including phenoxy) is 2. The highest BCUT2D eigenvalue weighted by atomic mass is 16.6. The molecule has 2 amide bonds. The number of nitrogens with one attached hydrogen (secondary N) is 1. The van der Waals surface area contributed by atoms with E-state index in [4.69, 9.17) is 9.47 Å². The zero-order valence-corrected chi connectivity index (χ0v) is 19.0. The predicted octanol–water partition coefficient (Wildman–Crippen LogP) is 3.04. The fraction of sp³-hybridized carbons (Fsp3) is 0.652. The summed E-state index contributed by atoms with van der Waals surface area (Å²) in [6.45, 7) is 10.1. The second kappa shape index (κ2) is 11.3. The molecule has 30 heavy (non-hydrogen) atoms. The van der Waals surface area contributed by atoms with Gasteiger partial charge in [0.2, 0.25) is 5.91 Å². The number of hydrogen-bond donors (Lipinski definition) is 1. The van der Waals surface area contributed by atoms with Crippen molar-refractivity contribution in [2.75, 3.05) is 33.4 Å². The van der Waals surface area contributed by atoms with Gasteiger partial charge >= 0.3 is 6.09 Å². The molecule has 0 aromatic heterocycles. The lowest BCUT2D eigenvalue weighted by atomic mass is 9.97. The van der Waals surface area contributed by atoms with Crippen LogP contribution in [0.4, 0.5) is 4.79 Å². The molecule has 1 saturated heterocycles. The maximum atomic E-state index is 12.6. The number of hydrogen-bond acceptors (Lipinski definition) is 5. The average Bonchev–Trinajstić information content (AvgIpc) is 2.66. The van der Waals surface area contributed by atoms with Gasteiger partial charge in [-0.25, -0.2) is 4.79 Å². The van der Waals surface area contributed by atoms with Crippen LogP contribution in [0.15, 0.2) is 30.3 Å². The molecule has 1 aliphatic heterocycles. The van der Waals surface area contributed by atoms with Crippen LogP contribution in [0, 0.1) is 0 Å². The molecule has 0 radical (unpaired) electrons. The Morgan fingerprint density at radius 1 is 1.23 bits per heavy atom. The van der Waals surface area contributed by atoms with E-state index in [1.165, 1.54) is 10.5 Å². The van der Waals surface area contributed by atoms with Gasteiger partial charge in [-0.3, -0.25) is 14.6 Å². The van der Waals surface area contributed by atoms with Gasteiger partial charge in [-0.05, 0) is 46.1 Å². The number of methoxy groups -OCH3 is 1. The smallest absolute Gasteiger partial charge is 0.410 e. The Morgan fingerprint density at radius 2 is 1.93 bits per heavy atom. The number of piperidine rings is 1. The number of nitrogens with zero attached hydrogens (tertiary/aromatic N) is 2. The molecule has 168 valence electrons. The monoisotopic (exact) mass is 419 g/mol. The molecular formula is C23H37N3O4. The van der Waals surface area contributed by atoms with Crippen molar-refractivity contribution < 1.29 is 19.1 Å². The fourth-order valence-corrected chi connectivity index (χ4v) is 3.61. The van der Waals surface area contributed by atoms with Crippen LogP contribution in [0.3, 0.4) is 0 Å². The van der Waals surface area contributed by atoms with E-state index in [1.807, 2.05) is 26.8 Å². The first-order valence-corrected chi connectivity index (χ1v) is 10.7. The van der Waals surface area contributed by atoms with Crippen molar-refractivity contribution in [1.82, 2.24) is 15.1 Å². The molecule has 0 saturated carbocycles. The summed E-state index contributed by atoms with van der Waals surface area (Å²) >= 11 is 0. The number of rotatable bonds is 8. The molecule has 1 N–H and O–H groups in total. The quantitative estimate of drug-likeness (QED) is 0.701. The molecule has 1 heterocycles. The minimum Gasteiger partial charge on any atom is -0.444 e. The fourth-order valence-electron chi connectivity index (χ4n) is 3.61. The lowest BCUT2D eigenvalue weighted by molar-refractivity contribution is -0.123. The second-order valence-corrected chi connectivity index (χ2v) is 8.99. The average molecular weight is 420 g/mol. The Kier molecular flexibility index (Phi) is 9.11. The Labute approximate surface area is 180 Å². The third-order valence-electron chi connectivity index (χ3n) is 5.16. The summed E-state index contributed by atoms with van der Waals surface area (Å²) in [5.74, 6) is -0.161. The molecule has 7 heteroatoms. The summed E-state index contributed by atoms with van der Waals surface area (Å²) in [6, 6.07) is 10.9. The highest BCUT2D eigenvalue weighted by Crippen LogP contribution is 2.20. The maximum absolute atomic E-state index is 12.6. The lowest BCUT2D eigenvalue weighted by Crippen LogP contribution is -2.51. The molecule has 0 unspecified atom stereocenters. The molecule has 0 bridgehead atoms. The maximum Gasteiger partial charge on any atom is 0.410 e. The molecule has 0 aliphatic carbocycles. The summed E-state index contributed by atoms with van der Waals surface area (Å²) in [5.41, 5.74) is 0.692. The summed E-state index contributed by atoms with van der Waals surface area (Å²) in [4.78, 5) is 28.9. The normalized spacial score (nSPS) is 19.9. The minimum absolute atomic E-state index is 0.0309.